The Morgan fingerprint density at radius 2 is 1.76 bits per heavy atom. The van der Waals surface area contributed by atoms with Gasteiger partial charge in [0.2, 0.25) is 5.91 Å². The minimum absolute atomic E-state index is 0.0209. The SMILES string of the molecule is CCOP(=O)(C[C@@H](Cc1ccccc1)C(=O)NCCC(=O)O)OCC. The van der Waals surface area contributed by atoms with Crippen LogP contribution in [-0.4, -0.2) is 42.9 Å². The number of benzene rings is 1. The summed E-state index contributed by atoms with van der Waals surface area (Å²) >= 11 is 0. The molecule has 0 aliphatic rings. The normalized spacial score (nSPS) is 12.6. The number of carboxylic acids is 1. The Balaban J connectivity index is 2.87. The molecule has 25 heavy (non-hydrogen) atoms. The van der Waals surface area contributed by atoms with Crippen LogP contribution in [0.3, 0.4) is 0 Å². The van der Waals surface area contributed by atoms with Crippen molar-refractivity contribution in [2.24, 2.45) is 5.92 Å². The predicted octanol–water partition coefficient (Wildman–Crippen LogP) is 2.70. The molecule has 0 heterocycles. The number of aliphatic carboxylic acids is 1. The van der Waals surface area contributed by atoms with Gasteiger partial charge in [-0.1, -0.05) is 30.3 Å². The van der Waals surface area contributed by atoms with E-state index in [2.05, 4.69) is 5.32 Å². The maximum atomic E-state index is 12.8. The van der Waals surface area contributed by atoms with E-state index < -0.39 is 19.5 Å². The Labute approximate surface area is 148 Å². The summed E-state index contributed by atoms with van der Waals surface area (Å²) in [7, 11) is -3.39. The van der Waals surface area contributed by atoms with Crippen molar-refractivity contribution < 1.29 is 28.3 Å². The van der Waals surface area contributed by atoms with Gasteiger partial charge < -0.3 is 19.5 Å². The monoisotopic (exact) mass is 371 g/mol. The Morgan fingerprint density at radius 1 is 1.16 bits per heavy atom. The third kappa shape index (κ3) is 8.29. The van der Waals surface area contributed by atoms with Gasteiger partial charge in [0, 0.05) is 6.54 Å². The topological polar surface area (TPSA) is 102 Å². The van der Waals surface area contributed by atoms with Gasteiger partial charge in [-0.25, -0.2) is 0 Å². The molecular weight excluding hydrogens is 345 g/mol. The molecular formula is C17H26NO6P. The van der Waals surface area contributed by atoms with Gasteiger partial charge in [-0.2, -0.15) is 0 Å². The molecule has 0 bridgehead atoms. The third-order valence-corrected chi connectivity index (χ3v) is 5.62. The number of hydrogen-bond donors (Lipinski definition) is 2. The molecule has 0 aliphatic carbocycles. The van der Waals surface area contributed by atoms with Gasteiger partial charge >= 0.3 is 13.6 Å². The fraction of sp³-hybridized carbons (Fsp3) is 0.529. The molecule has 1 rings (SSSR count). The summed E-state index contributed by atoms with van der Waals surface area (Å²) in [6, 6.07) is 9.35. The largest absolute Gasteiger partial charge is 0.481 e. The highest BCUT2D eigenvalue weighted by molar-refractivity contribution is 7.53. The van der Waals surface area contributed by atoms with Gasteiger partial charge in [0.25, 0.3) is 0 Å². The molecule has 0 radical (unpaired) electrons. The molecule has 1 aromatic carbocycles. The van der Waals surface area contributed by atoms with Crippen LogP contribution < -0.4 is 5.32 Å². The zero-order chi connectivity index (χ0) is 18.7. The van der Waals surface area contributed by atoms with Crippen molar-refractivity contribution in [1.82, 2.24) is 5.32 Å². The van der Waals surface area contributed by atoms with Gasteiger partial charge in [0.1, 0.15) is 0 Å². The van der Waals surface area contributed by atoms with Crippen LogP contribution in [0.2, 0.25) is 0 Å². The van der Waals surface area contributed by atoms with E-state index in [0.29, 0.717) is 6.42 Å². The smallest absolute Gasteiger partial charge is 0.331 e. The Kier molecular flexibility index (Phi) is 9.42. The third-order valence-electron chi connectivity index (χ3n) is 3.43. The molecule has 1 aromatic rings. The van der Waals surface area contributed by atoms with E-state index in [9.17, 15) is 14.2 Å². The van der Waals surface area contributed by atoms with Gasteiger partial charge in [-0.15, -0.1) is 0 Å². The molecule has 1 atom stereocenters. The van der Waals surface area contributed by atoms with Crippen LogP contribution in [0.1, 0.15) is 25.8 Å². The minimum Gasteiger partial charge on any atom is -0.481 e. The second-order valence-corrected chi connectivity index (χ2v) is 7.55. The van der Waals surface area contributed by atoms with Crippen molar-refractivity contribution in [2.45, 2.75) is 26.7 Å². The number of nitrogens with one attached hydrogen (secondary N) is 1. The molecule has 0 saturated heterocycles. The van der Waals surface area contributed by atoms with Crippen LogP contribution in [0.15, 0.2) is 30.3 Å². The first kappa shape index (κ1) is 21.4. The van der Waals surface area contributed by atoms with Gasteiger partial charge in [-0.05, 0) is 25.8 Å². The summed E-state index contributed by atoms with van der Waals surface area (Å²) < 4.78 is 23.4. The number of carboxylic acid groups (broad SMARTS) is 1. The van der Waals surface area contributed by atoms with Gasteiger partial charge in [0.15, 0.2) is 0 Å². The van der Waals surface area contributed by atoms with E-state index in [-0.39, 0.29) is 38.2 Å². The average Bonchev–Trinajstić information content (AvgIpc) is 2.55. The summed E-state index contributed by atoms with van der Waals surface area (Å²) in [4.78, 5) is 23.1. The molecule has 8 heteroatoms. The fourth-order valence-corrected chi connectivity index (χ4v) is 4.29. The van der Waals surface area contributed by atoms with E-state index >= 15 is 0 Å². The first-order valence-corrected chi connectivity index (χ1v) is 10.0. The van der Waals surface area contributed by atoms with Crippen LogP contribution in [0.5, 0.6) is 0 Å². The van der Waals surface area contributed by atoms with Crippen molar-refractivity contribution in [3.8, 4) is 0 Å². The van der Waals surface area contributed by atoms with E-state index in [1.165, 1.54) is 0 Å². The van der Waals surface area contributed by atoms with Crippen LogP contribution >= 0.6 is 7.60 Å². The molecule has 0 spiro atoms. The van der Waals surface area contributed by atoms with E-state index in [0.717, 1.165) is 5.56 Å². The van der Waals surface area contributed by atoms with Crippen molar-refractivity contribution in [3.63, 3.8) is 0 Å². The van der Waals surface area contributed by atoms with Crippen LogP contribution in [-0.2, 0) is 29.6 Å². The predicted molar refractivity (Wildman–Crippen MR) is 94.6 cm³/mol. The number of rotatable bonds is 12. The molecule has 7 nitrogen and oxygen atoms in total. The Hall–Kier alpha value is -1.69. The highest BCUT2D eigenvalue weighted by Gasteiger charge is 2.32. The molecule has 0 unspecified atom stereocenters. The van der Waals surface area contributed by atoms with E-state index in [4.69, 9.17) is 14.2 Å². The highest BCUT2D eigenvalue weighted by atomic mass is 31.2. The van der Waals surface area contributed by atoms with Crippen molar-refractivity contribution in [3.05, 3.63) is 35.9 Å². The summed E-state index contributed by atoms with van der Waals surface area (Å²) in [6.45, 7) is 3.88. The summed E-state index contributed by atoms with van der Waals surface area (Å²) in [5, 5.41) is 11.3. The summed E-state index contributed by atoms with van der Waals surface area (Å²) in [6.07, 6.45) is 0.144. The highest BCUT2D eigenvalue weighted by Crippen LogP contribution is 2.50. The Morgan fingerprint density at radius 3 is 2.28 bits per heavy atom. The fourth-order valence-electron chi connectivity index (χ4n) is 2.38. The molecule has 0 aromatic heterocycles. The molecule has 1 amide bonds. The molecule has 140 valence electrons. The maximum absolute atomic E-state index is 12.8. The first-order chi connectivity index (χ1) is 11.9. The number of carbonyl (C=O) groups is 2. The number of hydrogen-bond acceptors (Lipinski definition) is 5. The van der Waals surface area contributed by atoms with Crippen molar-refractivity contribution >= 4 is 19.5 Å². The zero-order valence-corrected chi connectivity index (χ0v) is 15.5. The molecule has 0 fully saturated rings. The lowest BCUT2D eigenvalue weighted by molar-refractivity contribution is -0.137. The Bertz CT molecular complexity index is 582. The average molecular weight is 371 g/mol. The minimum atomic E-state index is -3.39. The quantitative estimate of drug-likeness (QED) is 0.548. The lowest BCUT2D eigenvalue weighted by Gasteiger charge is -2.23. The molecule has 2 N–H and O–H groups in total. The second-order valence-electron chi connectivity index (χ2n) is 5.45. The van der Waals surface area contributed by atoms with Gasteiger partial charge in [-0.3, -0.25) is 14.2 Å². The van der Waals surface area contributed by atoms with E-state index in [1.54, 1.807) is 13.8 Å². The summed E-state index contributed by atoms with van der Waals surface area (Å²) in [5.74, 6) is -1.99. The molecule has 0 aliphatic heterocycles. The molecule has 0 saturated carbocycles. The van der Waals surface area contributed by atoms with Crippen molar-refractivity contribution in [2.75, 3.05) is 25.9 Å². The zero-order valence-electron chi connectivity index (χ0n) is 14.6. The second kappa shape index (κ2) is 11.0. The number of amides is 1. The van der Waals surface area contributed by atoms with Crippen LogP contribution in [0, 0.1) is 5.92 Å². The van der Waals surface area contributed by atoms with Gasteiger partial charge in [0.05, 0.1) is 31.7 Å². The van der Waals surface area contributed by atoms with Crippen LogP contribution in [0.4, 0.5) is 0 Å². The van der Waals surface area contributed by atoms with E-state index in [1.807, 2.05) is 30.3 Å². The van der Waals surface area contributed by atoms with Crippen LogP contribution in [0.25, 0.3) is 0 Å². The van der Waals surface area contributed by atoms with Crippen molar-refractivity contribution in [1.29, 1.82) is 0 Å². The lowest BCUT2D eigenvalue weighted by Crippen LogP contribution is -2.35. The number of carbonyl (C=O) groups excluding carboxylic acids is 1. The summed E-state index contributed by atoms with van der Waals surface area (Å²) in [5.41, 5.74) is 0.917. The lowest BCUT2D eigenvalue weighted by atomic mass is 10.0. The standard InChI is InChI=1S/C17H26NO6P/c1-3-23-25(22,24-4-2)13-15(12-14-8-6-5-7-9-14)17(21)18-11-10-16(19)20/h5-9,15H,3-4,10-13H2,1-2H3,(H,18,21)(H,19,20)/t15-/m1/s1. The first-order valence-electron chi connectivity index (χ1n) is 8.31. The maximum Gasteiger partial charge on any atom is 0.331 e.